The lowest BCUT2D eigenvalue weighted by atomic mass is 10.2. The van der Waals surface area contributed by atoms with Gasteiger partial charge in [0.1, 0.15) is 5.82 Å². The monoisotopic (exact) mass is 430 g/mol. The first-order valence-electron chi connectivity index (χ1n) is 8.65. The van der Waals surface area contributed by atoms with Crippen LogP contribution >= 0.6 is 15.9 Å². The van der Waals surface area contributed by atoms with Gasteiger partial charge in [0.15, 0.2) is 5.69 Å². The van der Waals surface area contributed by atoms with Crippen molar-refractivity contribution in [1.29, 1.82) is 0 Å². The van der Waals surface area contributed by atoms with E-state index in [1.807, 2.05) is 37.3 Å². The molecular formula is C20H20BrFN4O. The van der Waals surface area contributed by atoms with Crippen LogP contribution in [0.1, 0.15) is 34.2 Å². The van der Waals surface area contributed by atoms with Gasteiger partial charge in [-0.05, 0) is 45.6 Å². The van der Waals surface area contributed by atoms with Gasteiger partial charge in [0, 0.05) is 13.6 Å². The molecule has 1 heterocycles. The lowest BCUT2D eigenvalue weighted by molar-refractivity contribution is 0.0778. The Morgan fingerprint density at radius 2 is 1.93 bits per heavy atom. The van der Waals surface area contributed by atoms with Crippen LogP contribution in [0.15, 0.2) is 53.0 Å². The number of aromatic nitrogens is 3. The van der Waals surface area contributed by atoms with E-state index in [0.29, 0.717) is 28.7 Å². The minimum Gasteiger partial charge on any atom is -0.336 e. The van der Waals surface area contributed by atoms with Crippen molar-refractivity contribution in [3.63, 3.8) is 0 Å². The number of rotatable bonds is 6. The first-order valence-corrected chi connectivity index (χ1v) is 9.44. The molecule has 0 atom stereocenters. The summed E-state index contributed by atoms with van der Waals surface area (Å²) in [5.41, 5.74) is 2.93. The minimum atomic E-state index is -0.351. The molecular weight excluding hydrogens is 411 g/mol. The SMILES string of the molecule is CCc1c(C(=O)N(C)Cc2ccc(Br)c(F)c2)nnn1Cc1ccccc1. The predicted octanol–water partition coefficient (Wildman–Crippen LogP) is 4.06. The highest BCUT2D eigenvalue weighted by molar-refractivity contribution is 9.10. The van der Waals surface area contributed by atoms with Crippen LogP contribution in [0, 0.1) is 5.82 Å². The third-order valence-corrected chi connectivity index (χ3v) is 4.94. The molecule has 0 N–H and O–H groups in total. The van der Waals surface area contributed by atoms with Crippen LogP contribution in [-0.2, 0) is 19.5 Å². The molecule has 7 heteroatoms. The number of amides is 1. The van der Waals surface area contributed by atoms with Crippen molar-refractivity contribution >= 4 is 21.8 Å². The lowest BCUT2D eigenvalue weighted by Gasteiger charge is -2.17. The van der Waals surface area contributed by atoms with Crippen molar-refractivity contribution in [1.82, 2.24) is 19.9 Å². The molecule has 0 bridgehead atoms. The maximum absolute atomic E-state index is 13.7. The van der Waals surface area contributed by atoms with Crippen molar-refractivity contribution < 1.29 is 9.18 Å². The van der Waals surface area contributed by atoms with Crippen LogP contribution in [0.2, 0.25) is 0 Å². The second-order valence-electron chi connectivity index (χ2n) is 6.29. The summed E-state index contributed by atoms with van der Waals surface area (Å²) in [6.07, 6.45) is 0.641. The van der Waals surface area contributed by atoms with Crippen LogP contribution in [0.25, 0.3) is 0 Å². The molecule has 0 spiro atoms. The Morgan fingerprint density at radius 1 is 1.19 bits per heavy atom. The van der Waals surface area contributed by atoms with Gasteiger partial charge in [0.25, 0.3) is 5.91 Å². The predicted molar refractivity (Wildman–Crippen MR) is 105 cm³/mol. The van der Waals surface area contributed by atoms with Gasteiger partial charge in [-0.2, -0.15) is 0 Å². The fourth-order valence-electron chi connectivity index (χ4n) is 2.90. The van der Waals surface area contributed by atoms with Gasteiger partial charge in [-0.1, -0.05) is 48.5 Å². The van der Waals surface area contributed by atoms with Gasteiger partial charge in [0.2, 0.25) is 0 Å². The summed E-state index contributed by atoms with van der Waals surface area (Å²) in [5, 5.41) is 8.29. The van der Waals surface area contributed by atoms with Crippen molar-refractivity contribution in [3.05, 3.63) is 81.3 Å². The van der Waals surface area contributed by atoms with Crippen LogP contribution in [-0.4, -0.2) is 32.8 Å². The fourth-order valence-corrected chi connectivity index (χ4v) is 3.14. The Balaban J connectivity index is 1.78. The molecule has 0 saturated carbocycles. The second kappa shape index (κ2) is 8.43. The van der Waals surface area contributed by atoms with Crippen LogP contribution < -0.4 is 0 Å². The maximum Gasteiger partial charge on any atom is 0.276 e. The molecule has 0 aliphatic carbocycles. The molecule has 0 saturated heterocycles. The van der Waals surface area contributed by atoms with Crippen LogP contribution in [0.4, 0.5) is 4.39 Å². The van der Waals surface area contributed by atoms with E-state index in [1.54, 1.807) is 23.9 Å². The van der Waals surface area contributed by atoms with Crippen molar-refractivity contribution in [3.8, 4) is 0 Å². The zero-order valence-electron chi connectivity index (χ0n) is 15.2. The number of benzene rings is 2. The molecule has 3 rings (SSSR count). The first kappa shape index (κ1) is 19.2. The Morgan fingerprint density at radius 3 is 2.59 bits per heavy atom. The quantitative estimate of drug-likeness (QED) is 0.592. The summed E-state index contributed by atoms with van der Waals surface area (Å²) >= 11 is 3.13. The Labute approximate surface area is 165 Å². The number of nitrogens with zero attached hydrogens (tertiary/aromatic N) is 4. The fraction of sp³-hybridized carbons (Fsp3) is 0.250. The third kappa shape index (κ3) is 4.42. The number of halogens is 2. The van der Waals surface area contributed by atoms with Gasteiger partial charge in [-0.15, -0.1) is 5.10 Å². The lowest BCUT2D eigenvalue weighted by Crippen LogP contribution is -2.27. The Hall–Kier alpha value is -2.54. The highest BCUT2D eigenvalue weighted by atomic mass is 79.9. The van der Waals surface area contributed by atoms with Crippen molar-refractivity contribution in [2.75, 3.05) is 7.05 Å². The summed E-state index contributed by atoms with van der Waals surface area (Å²) in [5.74, 6) is -0.578. The highest BCUT2D eigenvalue weighted by Crippen LogP contribution is 2.18. The minimum absolute atomic E-state index is 0.227. The maximum atomic E-state index is 13.7. The normalized spacial score (nSPS) is 10.8. The van der Waals surface area contributed by atoms with E-state index >= 15 is 0 Å². The Bertz CT molecular complexity index is 942. The van der Waals surface area contributed by atoms with Crippen molar-refractivity contribution in [2.24, 2.45) is 0 Å². The van der Waals surface area contributed by atoms with E-state index in [4.69, 9.17) is 0 Å². The highest BCUT2D eigenvalue weighted by Gasteiger charge is 2.22. The van der Waals surface area contributed by atoms with Gasteiger partial charge < -0.3 is 4.90 Å². The number of carbonyl (C=O) groups excluding carboxylic acids is 1. The van der Waals surface area contributed by atoms with Gasteiger partial charge in [-0.3, -0.25) is 4.79 Å². The van der Waals surface area contributed by atoms with E-state index < -0.39 is 0 Å². The standard InChI is InChI=1S/C20H20BrFN4O/c1-3-18-19(23-24-26(18)13-14-7-5-4-6-8-14)20(27)25(2)12-15-9-10-16(21)17(22)11-15/h4-11H,3,12-13H2,1-2H3. The zero-order valence-corrected chi connectivity index (χ0v) is 16.8. The molecule has 27 heavy (non-hydrogen) atoms. The molecule has 1 amide bonds. The molecule has 0 fully saturated rings. The zero-order chi connectivity index (χ0) is 19.4. The molecule has 140 valence electrons. The summed E-state index contributed by atoms with van der Waals surface area (Å²) in [6.45, 7) is 2.82. The molecule has 1 aromatic heterocycles. The van der Waals surface area contributed by atoms with E-state index in [0.717, 1.165) is 11.3 Å². The van der Waals surface area contributed by atoms with Crippen molar-refractivity contribution in [2.45, 2.75) is 26.4 Å². The number of carbonyl (C=O) groups is 1. The molecule has 0 unspecified atom stereocenters. The third-order valence-electron chi connectivity index (χ3n) is 4.30. The average Bonchev–Trinajstić information content (AvgIpc) is 3.07. The second-order valence-corrected chi connectivity index (χ2v) is 7.15. The first-order chi connectivity index (χ1) is 13.0. The molecule has 0 aliphatic heterocycles. The van der Waals surface area contributed by atoms with Gasteiger partial charge in [0.05, 0.1) is 16.7 Å². The van der Waals surface area contributed by atoms with Gasteiger partial charge >= 0.3 is 0 Å². The van der Waals surface area contributed by atoms with E-state index in [2.05, 4.69) is 26.2 Å². The summed E-state index contributed by atoms with van der Waals surface area (Å²) in [4.78, 5) is 14.4. The topological polar surface area (TPSA) is 51.0 Å². The summed E-state index contributed by atoms with van der Waals surface area (Å²) in [7, 11) is 1.68. The molecule has 5 nitrogen and oxygen atoms in total. The number of hydrogen-bond donors (Lipinski definition) is 0. The average molecular weight is 431 g/mol. The van der Waals surface area contributed by atoms with E-state index in [1.165, 1.54) is 11.0 Å². The molecule has 2 aromatic carbocycles. The summed E-state index contributed by atoms with van der Waals surface area (Å²) in [6, 6.07) is 14.7. The molecule has 0 aliphatic rings. The smallest absolute Gasteiger partial charge is 0.276 e. The molecule has 3 aromatic rings. The Kier molecular flexibility index (Phi) is 6.01. The number of hydrogen-bond acceptors (Lipinski definition) is 3. The largest absolute Gasteiger partial charge is 0.336 e. The van der Waals surface area contributed by atoms with Crippen LogP contribution in [0.5, 0.6) is 0 Å². The van der Waals surface area contributed by atoms with E-state index in [-0.39, 0.29) is 18.3 Å². The summed E-state index contributed by atoms with van der Waals surface area (Å²) < 4.78 is 15.9. The van der Waals surface area contributed by atoms with Crippen LogP contribution in [0.3, 0.4) is 0 Å². The van der Waals surface area contributed by atoms with Gasteiger partial charge in [-0.25, -0.2) is 9.07 Å². The van der Waals surface area contributed by atoms with E-state index in [9.17, 15) is 9.18 Å². The molecule has 0 radical (unpaired) electrons.